The van der Waals surface area contributed by atoms with Crippen molar-refractivity contribution >= 4 is 23.2 Å². The first-order chi connectivity index (χ1) is 9.11. The third-order valence-corrected chi connectivity index (χ3v) is 4.92. The molecule has 1 aromatic rings. The van der Waals surface area contributed by atoms with Crippen molar-refractivity contribution in [3.05, 3.63) is 33.8 Å². The summed E-state index contributed by atoms with van der Waals surface area (Å²) < 4.78 is 5.58. The molecule has 0 heterocycles. The van der Waals surface area contributed by atoms with E-state index in [1.54, 1.807) is 7.11 Å². The Morgan fingerprint density at radius 2 is 2.16 bits per heavy atom. The van der Waals surface area contributed by atoms with Crippen molar-refractivity contribution in [1.29, 1.82) is 0 Å². The lowest BCUT2D eigenvalue weighted by molar-refractivity contribution is 0.0395. The lowest BCUT2D eigenvalue weighted by atomic mass is 9.68. The summed E-state index contributed by atoms with van der Waals surface area (Å²) in [6.07, 6.45) is 4.84. The van der Waals surface area contributed by atoms with E-state index in [4.69, 9.17) is 27.9 Å². The topological polar surface area (TPSA) is 21.3 Å². The van der Waals surface area contributed by atoms with Crippen molar-refractivity contribution in [2.24, 2.45) is 0 Å². The van der Waals surface area contributed by atoms with E-state index < -0.39 is 0 Å². The Morgan fingerprint density at radius 1 is 1.37 bits per heavy atom. The second-order valence-electron chi connectivity index (χ2n) is 5.39. The highest BCUT2D eigenvalue weighted by molar-refractivity contribution is 6.42. The molecule has 1 fully saturated rings. The molecule has 0 radical (unpaired) electrons. The largest absolute Gasteiger partial charge is 0.381 e. The number of ether oxygens (including phenoxy) is 1. The average Bonchev–Trinajstić information content (AvgIpc) is 2.42. The third-order valence-electron chi connectivity index (χ3n) is 4.18. The summed E-state index contributed by atoms with van der Waals surface area (Å²) in [6.45, 7) is 0.935. The van der Waals surface area contributed by atoms with Gasteiger partial charge >= 0.3 is 0 Å². The van der Waals surface area contributed by atoms with Gasteiger partial charge in [-0.05, 0) is 50.4 Å². The molecule has 0 amide bonds. The molecule has 0 aromatic heterocycles. The number of likely N-dealkylation sites (N-methyl/N-ethyl adjacent to an activating group) is 1. The van der Waals surface area contributed by atoms with Crippen molar-refractivity contribution in [3.8, 4) is 0 Å². The number of benzene rings is 1. The lowest BCUT2D eigenvalue weighted by Gasteiger charge is -2.41. The second-order valence-corrected chi connectivity index (χ2v) is 6.21. The molecule has 1 aliphatic carbocycles. The molecule has 2 rings (SSSR count). The molecule has 0 spiro atoms. The molecule has 1 aliphatic rings. The Bertz CT molecular complexity index is 434. The number of rotatable bonds is 4. The summed E-state index contributed by atoms with van der Waals surface area (Å²) in [5.41, 5.74) is 1.36. The van der Waals surface area contributed by atoms with Crippen LogP contribution in [0, 0.1) is 0 Å². The third kappa shape index (κ3) is 3.25. The molecule has 4 heteroatoms. The predicted molar refractivity (Wildman–Crippen MR) is 81.3 cm³/mol. The van der Waals surface area contributed by atoms with Gasteiger partial charge in [-0.25, -0.2) is 0 Å². The van der Waals surface area contributed by atoms with Crippen LogP contribution in [-0.4, -0.2) is 26.8 Å². The van der Waals surface area contributed by atoms with Gasteiger partial charge in [-0.2, -0.15) is 0 Å². The molecule has 1 aromatic carbocycles. The number of hydrogen-bond donors (Lipinski definition) is 1. The number of halogens is 2. The van der Waals surface area contributed by atoms with Crippen LogP contribution in [0.15, 0.2) is 18.2 Å². The van der Waals surface area contributed by atoms with E-state index >= 15 is 0 Å². The fraction of sp³-hybridized carbons (Fsp3) is 0.600. The molecule has 106 valence electrons. The Balaban J connectivity index is 2.34. The van der Waals surface area contributed by atoms with E-state index in [1.165, 1.54) is 12.0 Å². The summed E-state index contributed by atoms with van der Waals surface area (Å²) in [6, 6.07) is 6.01. The summed E-state index contributed by atoms with van der Waals surface area (Å²) in [5.74, 6) is 0. The summed E-state index contributed by atoms with van der Waals surface area (Å²) in [5, 5.41) is 4.57. The number of methoxy groups -OCH3 is 1. The van der Waals surface area contributed by atoms with E-state index in [0.29, 0.717) is 16.1 Å². The highest BCUT2D eigenvalue weighted by Crippen LogP contribution is 2.41. The van der Waals surface area contributed by atoms with Crippen LogP contribution in [0.2, 0.25) is 10.0 Å². The van der Waals surface area contributed by atoms with E-state index in [0.717, 1.165) is 25.8 Å². The van der Waals surface area contributed by atoms with Crippen molar-refractivity contribution in [2.45, 2.75) is 37.2 Å². The second kappa shape index (κ2) is 6.45. The van der Waals surface area contributed by atoms with Crippen LogP contribution < -0.4 is 5.32 Å². The highest BCUT2D eigenvalue weighted by Gasteiger charge is 2.37. The molecule has 1 saturated carbocycles. The van der Waals surface area contributed by atoms with E-state index in [2.05, 4.69) is 11.4 Å². The molecule has 0 bridgehead atoms. The first kappa shape index (κ1) is 15.1. The lowest BCUT2D eigenvalue weighted by Crippen LogP contribution is -2.43. The molecule has 2 atom stereocenters. The minimum absolute atomic E-state index is 0.0991. The smallest absolute Gasteiger partial charge is 0.0595 e. The molecule has 0 unspecified atom stereocenters. The van der Waals surface area contributed by atoms with E-state index in [9.17, 15) is 0 Å². The maximum Gasteiger partial charge on any atom is 0.0595 e. The van der Waals surface area contributed by atoms with Gasteiger partial charge in [0.1, 0.15) is 0 Å². The van der Waals surface area contributed by atoms with Crippen molar-refractivity contribution in [2.75, 3.05) is 20.7 Å². The highest BCUT2D eigenvalue weighted by atomic mass is 35.5. The minimum Gasteiger partial charge on any atom is -0.381 e. The number of nitrogens with one attached hydrogen (secondary N) is 1. The van der Waals surface area contributed by atoms with Crippen LogP contribution in [0.25, 0.3) is 0 Å². The van der Waals surface area contributed by atoms with Crippen LogP contribution in [0.5, 0.6) is 0 Å². The van der Waals surface area contributed by atoms with Gasteiger partial charge < -0.3 is 10.1 Å². The zero-order valence-electron chi connectivity index (χ0n) is 11.5. The summed E-state index contributed by atoms with van der Waals surface area (Å²) in [7, 11) is 3.80. The maximum absolute atomic E-state index is 6.18. The van der Waals surface area contributed by atoms with Gasteiger partial charge in [-0.3, -0.25) is 0 Å². The maximum atomic E-state index is 6.18. The van der Waals surface area contributed by atoms with Gasteiger partial charge in [0.2, 0.25) is 0 Å². The quantitative estimate of drug-likeness (QED) is 0.906. The molecule has 1 N–H and O–H groups in total. The standard InChI is InChI=1S/C15H21Cl2NO/c1-18-10-15(7-3-4-12(9-15)19-2)11-5-6-13(16)14(17)8-11/h5-6,8,12,18H,3-4,7,9-10H2,1-2H3/t12-,15-/m0/s1. The van der Waals surface area contributed by atoms with Crippen molar-refractivity contribution < 1.29 is 4.74 Å². The fourth-order valence-electron chi connectivity index (χ4n) is 3.20. The first-order valence-corrected chi connectivity index (χ1v) is 7.50. The molecule has 0 aliphatic heterocycles. The summed E-state index contributed by atoms with van der Waals surface area (Å²) >= 11 is 12.2. The minimum atomic E-state index is 0.0991. The van der Waals surface area contributed by atoms with Crippen LogP contribution >= 0.6 is 23.2 Å². The van der Waals surface area contributed by atoms with Gasteiger partial charge in [-0.15, -0.1) is 0 Å². The van der Waals surface area contributed by atoms with Gasteiger partial charge in [0.05, 0.1) is 16.1 Å². The van der Waals surface area contributed by atoms with Crippen LogP contribution in [0.1, 0.15) is 31.2 Å². The summed E-state index contributed by atoms with van der Waals surface area (Å²) in [4.78, 5) is 0. The Hall–Kier alpha value is -0.280. The normalized spacial score (nSPS) is 27.5. The molecule has 2 nitrogen and oxygen atoms in total. The average molecular weight is 302 g/mol. The first-order valence-electron chi connectivity index (χ1n) is 6.74. The number of hydrogen-bond acceptors (Lipinski definition) is 2. The molecular formula is C15H21Cl2NO. The predicted octanol–water partition coefficient (Wildman–Crippen LogP) is 4.04. The van der Waals surface area contributed by atoms with E-state index in [1.807, 2.05) is 19.2 Å². The van der Waals surface area contributed by atoms with Crippen LogP contribution in [-0.2, 0) is 10.2 Å². The molecular weight excluding hydrogens is 281 g/mol. The zero-order valence-corrected chi connectivity index (χ0v) is 13.0. The fourth-order valence-corrected chi connectivity index (χ4v) is 3.50. The van der Waals surface area contributed by atoms with Crippen LogP contribution in [0.3, 0.4) is 0 Å². The molecule has 0 saturated heterocycles. The zero-order chi connectivity index (χ0) is 13.9. The monoisotopic (exact) mass is 301 g/mol. The Morgan fingerprint density at radius 3 is 2.79 bits per heavy atom. The Labute approximate surface area is 125 Å². The Kier molecular flexibility index (Phi) is 5.13. The van der Waals surface area contributed by atoms with Gasteiger partial charge in [-0.1, -0.05) is 29.3 Å². The van der Waals surface area contributed by atoms with Gasteiger partial charge in [0, 0.05) is 19.1 Å². The van der Waals surface area contributed by atoms with Crippen LogP contribution in [0.4, 0.5) is 0 Å². The molecule has 19 heavy (non-hydrogen) atoms. The van der Waals surface area contributed by atoms with E-state index in [-0.39, 0.29) is 5.41 Å². The SMILES string of the molecule is CNC[C@]1(c2ccc(Cl)c(Cl)c2)CCC[C@H](OC)C1. The van der Waals surface area contributed by atoms with Crippen molar-refractivity contribution in [1.82, 2.24) is 5.32 Å². The van der Waals surface area contributed by atoms with Gasteiger partial charge in [0.25, 0.3) is 0 Å². The van der Waals surface area contributed by atoms with Crippen molar-refractivity contribution in [3.63, 3.8) is 0 Å². The van der Waals surface area contributed by atoms with Gasteiger partial charge in [0.15, 0.2) is 0 Å².